The van der Waals surface area contributed by atoms with Gasteiger partial charge in [-0.25, -0.2) is 0 Å². The molecule has 108 valence electrons. The Morgan fingerprint density at radius 3 is 3.05 bits per heavy atom. The van der Waals surface area contributed by atoms with E-state index >= 15 is 0 Å². The van der Waals surface area contributed by atoms with Gasteiger partial charge in [0.15, 0.2) is 0 Å². The van der Waals surface area contributed by atoms with Crippen LogP contribution in [-0.2, 0) is 21.4 Å². The second-order valence-corrected chi connectivity index (χ2v) is 4.57. The Morgan fingerprint density at radius 2 is 2.40 bits per heavy atom. The molecule has 0 bridgehead atoms. The number of aromatic nitrogens is 2. The predicted molar refractivity (Wildman–Crippen MR) is 70.8 cm³/mol. The fraction of sp³-hybridized carbons (Fsp3) is 0.462. The molecule has 1 aromatic heterocycles. The molecule has 1 aromatic rings. The second-order valence-electron chi connectivity index (χ2n) is 4.57. The summed E-state index contributed by atoms with van der Waals surface area (Å²) in [5, 5.41) is 12.9. The van der Waals surface area contributed by atoms with E-state index < -0.39 is 12.0 Å². The zero-order chi connectivity index (χ0) is 14.5. The number of ether oxygens (including phenoxy) is 1. The van der Waals surface area contributed by atoms with Crippen LogP contribution < -0.4 is 0 Å². The molecule has 0 radical (unpaired) electrons. The van der Waals surface area contributed by atoms with Crippen molar-refractivity contribution in [2.45, 2.75) is 12.5 Å². The average Bonchev–Trinajstić information content (AvgIpc) is 2.81. The molecular weight excluding hydrogens is 262 g/mol. The Labute approximate surface area is 116 Å². The Morgan fingerprint density at radius 1 is 1.60 bits per heavy atom. The van der Waals surface area contributed by atoms with Gasteiger partial charge >= 0.3 is 5.97 Å². The normalized spacial score (nSPS) is 19.4. The summed E-state index contributed by atoms with van der Waals surface area (Å²) >= 11 is 0. The summed E-state index contributed by atoms with van der Waals surface area (Å²) < 4.78 is 6.89. The molecule has 1 N–H and O–H groups in total. The molecule has 2 heterocycles. The van der Waals surface area contributed by atoms with Crippen molar-refractivity contribution in [1.29, 1.82) is 0 Å². The first-order valence-electron chi connectivity index (χ1n) is 6.34. The smallest absolute Gasteiger partial charge is 0.305 e. The van der Waals surface area contributed by atoms with Crippen LogP contribution in [0, 0.1) is 0 Å². The minimum absolute atomic E-state index is 0.106. The van der Waals surface area contributed by atoms with Gasteiger partial charge in [-0.15, -0.1) is 0 Å². The number of carbonyl (C=O) groups excluding carboxylic acids is 1. The van der Waals surface area contributed by atoms with E-state index in [1.807, 2.05) is 0 Å². The topological polar surface area (TPSA) is 84.7 Å². The Bertz CT molecular complexity index is 523. The lowest BCUT2D eigenvalue weighted by Gasteiger charge is -2.34. The number of hydrogen-bond acceptors (Lipinski definition) is 4. The molecule has 1 aliphatic rings. The van der Waals surface area contributed by atoms with Gasteiger partial charge in [-0.05, 0) is 12.1 Å². The van der Waals surface area contributed by atoms with Gasteiger partial charge in [0.05, 0.1) is 31.4 Å². The third kappa shape index (κ3) is 3.45. The molecule has 1 unspecified atom stereocenters. The van der Waals surface area contributed by atoms with Crippen LogP contribution >= 0.6 is 0 Å². The third-order valence-corrected chi connectivity index (χ3v) is 3.18. The summed E-state index contributed by atoms with van der Waals surface area (Å²) in [7, 11) is 1.78. The molecule has 0 spiro atoms. The molecule has 1 amide bonds. The lowest BCUT2D eigenvalue weighted by molar-refractivity contribution is -0.143. The second kappa shape index (κ2) is 6.33. The Kier molecular flexibility index (Phi) is 4.52. The van der Waals surface area contributed by atoms with Gasteiger partial charge in [0.2, 0.25) is 5.91 Å². The highest BCUT2D eigenvalue weighted by Gasteiger charge is 2.27. The number of hydrogen-bond donors (Lipinski definition) is 1. The van der Waals surface area contributed by atoms with E-state index in [9.17, 15) is 9.59 Å². The van der Waals surface area contributed by atoms with E-state index in [-0.39, 0.29) is 18.9 Å². The van der Waals surface area contributed by atoms with Crippen LogP contribution in [0.1, 0.15) is 12.1 Å². The maximum absolute atomic E-state index is 12.2. The highest BCUT2D eigenvalue weighted by molar-refractivity contribution is 5.92. The molecule has 2 rings (SSSR count). The molecule has 1 saturated heterocycles. The van der Waals surface area contributed by atoms with E-state index in [2.05, 4.69) is 5.10 Å². The summed E-state index contributed by atoms with van der Waals surface area (Å²) in [5.41, 5.74) is 0.807. The van der Waals surface area contributed by atoms with Crippen LogP contribution in [0.25, 0.3) is 6.08 Å². The number of carbonyl (C=O) groups is 2. The summed E-state index contributed by atoms with van der Waals surface area (Å²) in [4.78, 5) is 24.5. The van der Waals surface area contributed by atoms with E-state index in [1.165, 1.54) is 6.08 Å². The van der Waals surface area contributed by atoms with Gasteiger partial charge < -0.3 is 14.7 Å². The predicted octanol–water partition coefficient (Wildman–Crippen LogP) is 0.135. The number of rotatable bonds is 4. The number of aliphatic carboxylic acids is 1. The molecule has 1 atom stereocenters. The fourth-order valence-electron chi connectivity index (χ4n) is 2.12. The molecule has 1 aliphatic heterocycles. The zero-order valence-corrected chi connectivity index (χ0v) is 11.2. The summed E-state index contributed by atoms with van der Waals surface area (Å²) in [5.74, 6) is -1.14. The first-order chi connectivity index (χ1) is 9.58. The van der Waals surface area contributed by atoms with Crippen molar-refractivity contribution in [2.75, 3.05) is 19.8 Å². The molecule has 0 aromatic carbocycles. The van der Waals surface area contributed by atoms with Gasteiger partial charge in [-0.2, -0.15) is 5.10 Å². The van der Waals surface area contributed by atoms with Crippen LogP contribution in [0.5, 0.6) is 0 Å². The SMILES string of the molecule is Cn1nccc1/C=C/C(=O)N1CCOCC1CC(=O)O. The maximum Gasteiger partial charge on any atom is 0.305 e. The van der Waals surface area contributed by atoms with Crippen molar-refractivity contribution in [1.82, 2.24) is 14.7 Å². The lowest BCUT2D eigenvalue weighted by atomic mass is 10.1. The molecule has 0 aliphatic carbocycles. The molecule has 7 heteroatoms. The van der Waals surface area contributed by atoms with E-state index in [0.29, 0.717) is 13.2 Å². The van der Waals surface area contributed by atoms with Gasteiger partial charge in [-0.1, -0.05) is 0 Å². The molecule has 7 nitrogen and oxygen atoms in total. The first-order valence-corrected chi connectivity index (χ1v) is 6.34. The summed E-state index contributed by atoms with van der Waals surface area (Å²) in [6.07, 6.45) is 4.65. The highest BCUT2D eigenvalue weighted by Crippen LogP contribution is 2.12. The maximum atomic E-state index is 12.2. The van der Waals surface area contributed by atoms with Crippen molar-refractivity contribution in [3.63, 3.8) is 0 Å². The van der Waals surface area contributed by atoms with Crippen LogP contribution in [0.2, 0.25) is 0 Å². The van der Waals surface area contributed by atoms with Gasteiger partial charge in [-0.3, -0.25) is 14.3 Å². The van der Waals surface area contributed by atoms with Crippen LogP contribution in [-0.4, -0.2) is 57.5 Å². The molecular formula is C13H17N3O4. The van der Waals surface area contributed by atoms with Crippen molar-refractivity contribution in [2.24, 2.45) is 7.05 Å². The van der Waals surface area contributed by atoms with Gasteiger partial charge in [0, 0.05) is 25.9 Å². The quantitative estimate of drug-likeness (QED) is 0.792. The van der Waals surface area contributed by atoms with E-state index in [4.69, 9.17) is 9.84 Å². The zero-order valence-electron chi connectivity index (χ0n) is 11.2. The van der Waals surface area contributed by atoms with E-state index in [0.717, 1.165) is 5.69 Å². The lowest BCUT2D eigenvalue weighted by Crippen LogP contribution is -2.49. The number of carboxylic acids is 1. The standard InChI is InChI=1S/C13H17N3O4/c1-15-10(4-5-14-15)2-3-12(17)16-6-7-20-9-11(16)8-13(18)19/h2-5,11H,6-9H2,1H3,(H,18,19)/b3-2+. The summed E-state index contributed by atoms with van der Waals surface area (Å²) in [6.45, 7) is 1.10. The largest absolute Gasteiger partial charge is 0.481 e. The van der Waals surface area contributed by atoms with Crippen molar-refractivity contribution in [3.8, 4) is 0 Å². The minimum Gasteiger partial charge on any atom is -0.481 e. The van der Waals surface area contributed by atoms with Gasteiger partial charge in [0.25, 0.3) is 0 Å². The molecule has 20 heavy (non-hydrogen) atoms. The molecule has 1 fully saturated rings. The number of carboxylic acid groups (broad SMARTS) is 1. The van der Waals surface area contributed by atoms with Crippen LogP contribution in [0.15, 0.2) is 18.3 Å². The third-order valence-electron chi connectivity index (χ3n) is 3.18. The average molecular weight is 279 g/mol. The van der Waals surface area contributed by atoms with Gasteiger partial charge in [0.1, 0.15) is 0 Å². The molecule has 0 saturated carbocycles. The van der Waals surface area contributed by atoms with Crippen molar-refractivity contribution in [3.05, 3.63) is 24.0 Å². The fourth-order valence-corrected chi connectivity index (χ4v) is 2.12. The highest BCUT2D eigenvalue weighted by atomic mass is 16.5. The summed E-state index contributed by atoms with van der Waals surface area (Å²) in [6, 6.07) is 1.38. The minimum atomic E-state index is -0.936. The number of morpholine rings is 1. The number of nitrogens with zero attached hydrogens (tertiary/aromatic N) is 3. The van der Waals surface area contributed by atoms with Crippen molar-refractivity contribution < 1.29 is 19.4 Å². The van der Waals surface area contributed by atoms with Crippen molar-refractivity contribution >= 4 is 18.0 Å². The monoisotopic (exact) mass is 279 g/mol. The Balaban J connectivity index is 2.04. The first kappa shape index (κ1) is 14.3. The van der Waals surface area contributed by atoms with E-state index in [1.54, 1.807) is 35.0 Å². The van der Waals surface area contributed by atoms with Crippen LogP contribution in [0.3, 0.4) is 0 Å². The number of amides is 1. The van der Waals surface area contributed by atoms with Crippen LogP contribution in [0.4, 0.5) is 0 Å². The number of aryl methyl sites for hydroxylation is 1. The Hall–Kier alpha value is -2.15.